The maximum Gasteiger partial charge on any atom is 0.426 e. The van der Waals surface area contributed by atoms with Crippen LogP contribution in [0, 0.1) is 0 Å². The highest BCUT2D eigenvalue weighted by atomic mass is 79.9. The Balaban J connectivity index is 2.61. The van der Waals surface area contributed by atoms with E-state index >= 15 is 0 Å². The van der Waals surface area contributed by atoms with Crippen LogP contribution in [0.4, 0.5) is 4.79 Å². The molecule has 1 aromatic carbocycles. The van der Waals surface area contributed by atoms with Gasteiger partial charge in [-0.3, -0.25) is 10.2 Å². The van der Waals surface area contributed by atoms with Gasteiger partial charge in [0.2, 0.25) is 0 Å². The molecule has 0 aliphatic carbocycles. The van der Waals surface area contributed by atoms with E-state index < -0.39 is 17.6 Å². The van der Waals surface area contributed by atoms with Crippen LogP contribution < -0.4 is 10.9 Å². The molecule has 0 spiro atoms. The number of carbonyl (C=O) groups is 2. The number of ether oxygens (including phenoxy) is 1. The summed E-state index contributed by atoms with van der Waals surface area (Å²) in [6.45, 7) is 5.17. The van der Waals surface area contributed by atoms with E-state index in [0.717, 1.165) is 0 Å². The van der Waals surface area contributed by atoms with Crippen molar-refractivity contribution in [3.63, 3.8) is 0 Å². The molecule has 0 atom stereocenters. The van der Waals surface area contributed by atoms with Crippen LogP contribution in [0.5, 0.6) is 0 Å². The Morgan fingerprint density at radius 3 is 2.47 bits per heavy atom. The van der Waals surface area contributed by atoms with E-state index in [1.54, 1.807) is 39.0 Å². The van der Waals surface area contributed by atoms with Crippen LogP contribution >= 0.6 is 27.5 Å². The van der Waals surface area contributed by atoms with Gasteiger partial charge in [-0.05, 0) is 48.8 Å². The first-order chi connectivity index (χ1) is 8.70. The zero-order chi connectivity index (χ0) is 14.6. The van der Waals surface area contributed by atoms with Crippen LogP contribution in [0.25, 0.3) is 0 Å². The minimum absolute atomic E-state index is 0.243. The van der Waals surface area contributed by atoms with Crippen molar-refractivity contribution in [2.75, 3.05) is 0 Å². The van der Waals surface area contributed by atoms with Crippen molar-refractivity contribution in [3.05, 3.63) is 33.3 Å². The molecule has 0 unspecified atom stereocenters. The number of amides is 2. The number of carbonyl (C=O) groups excluding carboxylic acids is 2. The second-order valence-corrected chi connectivity index (χ2v) is 5.91. The first kappa shape index (κ1) is 15.8. The van der Waals surface area contributed by atoms with E-state index in [1.165, 1.54) is 0 Å². The van der Waals surface area contributed by atoms with Crippen molar-refractivity contribution >= 4 is 39.5 Å². The molecule has 0 aromatic heterocycles. The standard InChI is InChI=1S/C12H14BrClN2O3/c1-12(2,3)19-11(18)16-15-10(17)7-5-4-6-8(13)9(7)14/h4-6H,1-3H3,(H,15,17)(H,16,18). The van der Waals surface area contributed by atoms with Crippen LogP contribution in [0.1, 0.15) is 31.1 Å². The van der Waals surface area contributed by atoms with Crippen molar-refractivity contribution < 1.29 is 14.3 Å². The minimum atomic E-state index is -0.744. The fraction of sp³-hybridized carbons (Fsp3) is 0.333. The van der Waals surface area contributed by atoms with Crippen LogP contribution in [0.3, 0.4) is 0 Å². The normalized spacial score (nSPS) is 10.8. The molecule has 0 aliphatic rings. The number of rotatable bonds is 1. The number of nitrogens with one attached hydrogen (secondary N) is 2. The summed E-state index contributed by atoms with van der Waals surface area (Å²) in [7, 11) is 0. The van der Waals surface area contributed by atoms with E-state index in [2.05, 4.69) is 26.8 Å². The molecule has 0 heterocycles. The third-order valence-corrected chi connectivity index (χ3v) is 3.17. The lowest BCUT2D eigenvalue weighted by Crippen LogP contribution is -2.44. The predicted molar refractivity (Wildman–Crippen MR) is 76.0 cm³/mol. The minimum Gasteiger partial charge on any atom is -0.443 e. The van der Waals surface area contributed by atoms with Gasteiger partial charge in [0.25, 0.3) is 5.91 Å². The Morgan fingerprint density at radius 2 is 1.89 bits per heavy atom. The molecular weight excluding hydrogens is 336 g/mol. The summed E-state index contributed by atoms with van der Waals surface area (Å²) in [6, 6.07) is 4.91. The Kier molecular flexibility index (Phi) is 5.20. The lowest BCUT2D eigenvalue weighted by molar-refractivity contribution is 0.0483. The van der Waals surface area contributed by atoms with Crippen molar-refractivity contribution in [2.45, 2.75) is 26.4 Å². The van der Waals surface area contributed by atoms with Crippen molar-refractivity contribution in [1.82, 2.24) is 10.9 Å². The second-order valence-electron chi connectivity index (χ2n) is 4.68. The quantitative estimate of drug-likeness (QED) is 0.765. The zero-order valence-electron chi connectivity index (χ0n) is 10.7. The molecule has 0 radical (unpaired) electrons. The molecule has 5 nitrogen and oxygen atoms in total. The van der Waals surface area contributed by atoms with Gasteiger partial charge in [0.05, 0.1) is 10.6 Å². The van der Waals surface area contributed by atoms with Crippen LogP contribution in [0.15, 0.2) is 22.7 Å². The van der Waals surface area contributed by atoms with Gasteiger partial charge in [0, 0.05) is 4.47 Å². The van der Waals surface area contributed by atoms with E-state index in [-0.39, 0.29) is 10.6 Å². The van der Waals surface area contributed by atoms with Crippen LogP contribution in [-0.2, 0) is 4.74 Å². The van der Waals surface area contributed by atoms with Crippen LogP contribution in [0.2, 0.25) is 5.02 Å². The molecule has 7 heteroatoms. The van der Waals surface area contributed by atoms with Crippen molar-refractivity contribution in [2.24, 2.45) is 0 Å². The molecule has 2 amide bonds. The van der Waals surface area contributed by atoms with Gasteiger partial charge in [-0.2, -0.15) is 0 Å². The molecule has 2 N–H and O–H groups in total. The Morgan fingerprint density at radius 1 is 1.26 bits per heavy atom. The molecule has 0 fully saturated rings. The Labute approximate surface area is 124 Å². The van der Waals surface area contributed by atoms with Gasteiger partial charge in [-0.1, -0.05) is 17.7 Å². The van der Waals surface area contributed by atoms with E-state index in [4.69, 9.17) is 16.3 Å². The van der Waals surface area contributed by atoms with Gasteiger partial charge in [-0.15, -0.1) is 0 Å². The van der Waals surface area contributed by atoms with E-state index in [0.29, 0.717) is 4.47 Å². The fourth-order valence-electron chi connectivity index (χ4n) is 1.16. The topological polar surface area (TPSA) is 67.4 Å². The average molecular weight is 350 g/mol. The molecule has 104 valence electrons. The highest BCUT2D eigenvalue weighted by Crippen LogP contribution is 2.25. The number of hydrogen-bond acceptors (Lipinski definition) is 3. The first-order valence-electron chi connectivity index (χ1n) is 5.44. The fourth-order valence-corrected chi connectivity index (χ4v) is 1.74. The number of hydrazine groups is 1. The second kappa shape index (κ2) is 6.25. The molecule has 0 aliphatic heterocycles. The van der Waals surface area contributed by atoms with Crippen LogP contribution in [-0.4, -0.2) is 17.6 Å². The highest BCUT2D eigenvalue weighted by molar-refractivity contribution is 9.10. The predicted octanol–water partition coefficient (Wildman–Crippen LogP) is 3.27. The van der Waals surface area contributed by atoms with E-state index in [9.17, 15) is 9.59 Å². The third-order valence-electron chi connectivity index (χ3n) is 1.87. The molecule has 0 saturated heterocycles. The third kappa shape index (κ3) is 5.08. The largest absolute Gasteiger partial charge is 0.443 e. The van der Waals surface area contributed by atoms with E-state index in [1.807, 2.05) is 0 Å². The SMILES string of the molecule is CC(C)(C)OC(=O)NNC(=O)c1cccc(Br)c1Cl. The number of hydrogen-bond donors (Lipinski definition) is 2. The summed E-state index contributed by atoms with van der Waals surface area (Å²) in [5.74, 6) is -0.530. The average Bonchev–Trinajstić information content (AvgIpc) is 2.27. The van der Waals surface area contributed by atoms with Gasteiger partial charge < -0.3 is 4.74 Å². The van der Waals surface area contributed by atoms with Crippen molar-refractivity contribution in [3.8, 4) is 0 Å². The molecule has 1 rings (SSSR count). The number of benzene rings is 1. The lowest BCUT2D eigenvalue weighted by Gasteiger charge is -2.19. The molecule has 0 bridgehead atoms. The van der Waals surface area contributed by atoms with Gasteiger partial charge in [-0.25, -0.2) is 10.2 Å². The summed E-state index contributed by atoms with van der Waals surface area (Å²) < 4.78 is 5.57. The molecular formula is C12H14BrClN2O3. The highest BCUT2D eigenvalue weighted by Gasteiger charge is 2.17. The van der Waals surface area contributed by atoms with Gasteiger partial charge >= 0.3 is 6.09 Å². The summed E-state index contributed by atoms with van der Waals surface area (Å²) in [5, 5.41) is 0.269. The maximum atomic E-state index is 11.8. The van der Waals surface area contributed by atoms with Gasteiger partial charge in [0.15, 0.2) is 0 Å². The Bertz CT molecular complexity index is 500. The summed E-state index contributed by atoms with van der Waals surface area (Å²) >= 11 is 9.17. The monoisotopic (exact) mass is 348 g/mol. The smallest absolute Gasteiger partial charge is 0.426 e. The first-order valence-corrected chi connectivity index (χ1v) is 6.61. The van der Waals surface area contributed by atoms with Crippen molar-refractivity contribution in [1.29, 1.82) is 0 Å². The lowest BCUT2D eigenvalue weighted by atomic mass is 10.2. The molecule has 19 heavy (non-hydrogen) atoms. The Hall–Kier alpha value is -1.27. The van der Waals surface area contributed by atoms with Gasteiger partial charge in [0.1, 0.15) is 5.60 Å². The summed E-state index contributed by atoms with van der Waals surface area (Å²) in [4.78, 5) is 23.2. The summed E-state index contributed by atoms with van der Waals surface area (Å²) in [5.41, 5.74) is 3.98. The maximum absolute atomic E-state index is 11.8. The summed E-state index contributed by atoms with van der Waals surface area (Å²) in [6.07, 6.45) is -0.744. The molecule has 1 aromatic rings. The number of halogens is 2. The molecule has 0 saturated carbocycles. The zero-order valence-corrected chi connectivity index (χ0v) is 13.1.